The third kappa shape index (κ3) is 4.75. The predicted octanol–water partition coefficient (Wildman–Crippen LogP) is 5.11. The zero-order valence-electron chi connectivity index (χ0n) is 16.6. The molecule has 154 valence electrons. The summed E-state index contributed by atoms with van der Waals surface area (Å²) in [5, 5.41) is 2.74. The van der Waals surface area contributed by atoms with Gasteiger partial charge in [0.05, 0.1) is 23.5 Å². The van der Waals surface area contributed by atoms with Crippen molar-refractivity contribution in [3.63, 3.8) is 0 Å². The van der Waals surface area contributed by atoms with E-state index < -0.39 is 11.7 Å². The van der Waals surface area contributed by atoms with Gasteiger partial charge in [-0.05, 0) is 37.1 Å². The number of amides is 1. The Balaban J connectivity index is 2.07. The van der Waals surface area contributed by atoms with E-state index in [4.69, 9.17) is 0 Å². The number of alkyl halides is 3. The van der Waals surface area contributed by atoms with Crippen molar-refractivity contribution in [2.45, 2.75) is 52.8 Å². The smallest absolute Gasteiger partial charge is 0.325 e. The topological polar surface area (TPSA) is 59.8 Å². The van der Waals surface area contributed by atoms with Gasteiger partial charge in [0.1, 0.15) is 11.3 Å². The van der Waals surface area contributed by atoms with Crippen LogP contribution in [0.3, 0.4) is 0 Å². The number of pyridine rings is 1. The fourth-order valence-corrected chi connectivity index (χ4v) is 3.22. The van der Waals surface area contributed by atoms with Crippen molar-refractivity contribution in [3.05, 3.63) is 53.0 Å². The first-order valence-electron chi connectivity index (χ1n) is 9.49. The molecular formula is C21H23F3N4O. The summed E-state index contributed by atoms with van der Waals surface area (Å²) in [6.45, 7) is 5.50. The standard InChI is InChI=1S/C21H23F3N4O/c1-4-5-9-19-27-18-11-17(26-14(3)29)13(2)25-20(18)28(19)12-15-7-6-8-16(10-15)21(22,23)24/h6-8,10-11H,4-5,9,12H2,1-3H3,(H,26,29). The second-order valence-corrected chi connectivity index (χ2v) is 7.06. The minimum Gasteiger partial charge on any atom is -0.325 e. The Morgan fingerprint density at radius 2 is 1.97 bits per heavy atom. The molecule has 0 aliphatic rings. The number of carbonyl (C=O) groups excluding carboxylic acids is 1. The molecule has 29 heavy (non-hydrogen) atoms. The third-order valence-electron chi connectivity index (χ3n) is 4.65. The van der Waals surface area contributed by atoms with E-state index in [0.717, 1.165) is 30.8 Å². The highest BCUT2D eigenvalue weighted by molar-refractivity contribution is 5.91. The molecule has 1 N–H and O–H groups in total. The molecule has 0 fully saturated rings. The molecule has 2 heterocycles. The lowest BCUT2D eigenvalue weighted by Crippen LogP contribution is -2.10. The van der Waals surface area contributed by atoms with E-state index in [1.807, 2.05) is 4.57 Å². The fourth-order valence-electron chi connectivity index (χ4n) is 3.22. The third-order valence-corrected chi connectivity index (χ3v) is 4.65. The summed E-state index contributed by atoms with van der Waals surface area (Å²) in [6.07, 6.45) is -1.82. The molecule has 0 atom stereocenters. The number of anilines is 1. The lowest BCUT2D eigenvalue weighted by molar-refractivity contribution is -0.137. The lowest BCUT2D eigenvalue weighted by Gasteiger charge is -2.12. The minimum absolute atomic E-state index is 0.205. The number of fused-ring (bicyclic) bond motifs is 1. The first kappa shape index (κ1) is 20.8. The number of imidazole rings is 1. The number of rotatable bonds is 6. The first-order chi connectivity index (χ1) is 13.7. The zero-order chi connectivity index (χ0) is 21.2. The Hall–Kier alpha value is -2.90. The molecule has 3 rings (SSSR count). The van der Waals surface area contributed by atoms with Crippen molar-refractivity contribution in [2.75, 3.05) is 5.32 Å². The molecule has 3 aromatic rings. The molecule has 5 nitrogen and oxygen atoms in total. The van der Waals surface area contributed by atoms with Gasteiger partial charge in [-0.1, -0.05) is 25.5 Å². The number of nitrogens with one attached hydrogen (secondary N) is 1. The maximum Gasteiger partial charge on any atom is 0.416 e. The van der Waals surface area contributed by atoms with Gasteiger partial charge in [-0.15, -0.1) is 0 Å². The SMILES string of the molecule is CCCCc1nc2cc(NC(C)=O)c(C)nc2n1Cc1cccc(C(F)(F)F)c1. The number of benzene rings is 1. The van der Waals surface area contributed by atoms with Crippen molar-refractivity contribution >= 4 is 22.8 Å². The average molecular weight is 404 g/mol. The number of halogens is 3. The van der Waals surface area contributed by atoms with Crippen LogP contribution in [0.2, 0.25) is 0 Å². The van der Waals surface area contributed by atoms with Crippen LogP contribution < -0.4 is 5.32 Å². The summed E-state index contributed by atoms with van der Waals surface area (Å²) in [5.74, 6) is 0.565. The number of hydrogen-bond donors (Lipinski definition) is 1. The summed E-state index contributed by atoms with van der Waals surface area (Å²) in [5.41, 5.74) is 2.27. The van der Waals surface area contributed by atoms with Gasteiger partial charge in [0.2, 0.25) is 5.91 Å². The van der Waals surface area contributed by atoms with Gasteiger partial charge in [-0.25, -0.2) is 9.97 Å². The zero-order valence-corrected chi connectivity index (χ0v) is 16.6. The summed E-state index contributed by atoms with van der Waals surface area (Å²) in [6, 6.07) is 7.07. The van der Waals surface area contributed by atoms with Gasteiger partial charge < -0.3 is 9.88 Å². The van der Waals surface area contributed by atoms with Crippen LogP contribution in [0, 0.1) is 6.92 Å². The number of aryl methyl sites for hydroxylation is 2. The normalized spacial score (nSPS) is 11.8. The van der Waals surface area contributed by atoms with Crippen molar-refractivity contribution < 1.29 is 18.0 Å². The molecule has 0 saturated heterocycles. The van der Waals surface area contributed by atoms with Gasteiger partial charge in [0.25, 0.3) is 0 Å². The van der Waals surface area contributed by atoms with E-state index >= 15 is 0 Å². The molecular weight excluding hydrogens is 381 g/mol. The monoisotopic (exact) mass is 404 g/mol. The Labute approximate surface area is 167 Å². The van der Waals surface area contributed by atoms with Crippen LogP contribution in [-0.4, -0.2) is 20.4 Å². The number of aromatic nitrogens is 3. The van der Waals surface area contributed by atoms with Crippen LogP contribution in [0.25, 0.3) is 11.2 Å². The molecule has 0 saturated carbocycles. The van der Waals surface area contributed by atoms with Gasteiger partial charge in [-0.2, -0.15) is 13.2 Å². The summed E-state index contributed by atoms with van der Waals surface area (Å²) in [4.78, 5) is 20.7. The van der Waals surface area contributed by atoms with E-state index in [1.54, 1.807) is 19.1 Å². The van der Waals surface area contributed by atoms with Crippen molar-refractivity contribution in [3.8, 4) is 0 Å². The van der Waals surface area contributed by atoms with Crippen LogP contribution in [0.15, 0.2) is 30.3 Å². The second kappa shape index (κ2) is 8.23. The van der Waals surface area contributed by atoms with E-state index in [2.05, 4.69) is 22.2 Å². The van der Waals surface area contributed by atoms with E-state index in [-0.39, 0.29) is 12.5 Å². The molecule has 0 aliphatic heterocycles. The van der Waals surface area contributed by atoms with E-state index in [9.17, 15) is 18.0 Å². The molecule has 1 aromatic carbocycles. The summed E-state index contributed by atoms with van der Waals surface area (Å²) in [7, 11) is 0. The minimum atomic E-state index is -4.39. The summed E-state index contributed by atoms with van der Waals surface area (Å²) < 4.78 is 41.1. The van der Waals surface area contributed by atoms with Crippen LogP contribution in [0.1, 0.15) is 49.3 Å². The molecule has 0 spiro atoms. The highest BCUT2D eigenvalue weighted by atomic mass is 19.4. The van der Waals surface area contributed by atoms with Gasteiger partial charge in [0, 0.05) is 13.3 Å². The maximum atomic E-state index is 13.1. The predicted molar refractivity (Wildman–Crippen MR) is 106 cm³/mol. The van der Waals surface area contributed by atoms with Crippen molar-refractivity contribution in [1.82, 2.24) is 14.5 Å². The highest BCUT2D eigenvalue weighted by Gasteiger charge is 2.30. The quantitative estimate of drug-likeness (QED) is 0.621. The van der Waals surface area contributed by atoms with Crippen LogP contribution in [0.5, 0.6) is 0 Å². The van der Waals surface area contributed by atoms with Crippen LogP contribution in [0.4, 0.5) is 18.9 Å². The largest absolute Gasteiger partial charge is 0.416 e. The highest BCUT2D eigenvalue weighted by Crippen LogP contribution is 2.30. The number of unbranched alkanes of at least 4 members (excludes halogenated alkanes) is 1. The van der Waals surface area contributed by atoms with Crippen molar-refractivity contribution in [1.29, 1.82) is 0 Å². The fraction of sp³-hybridized carbons (Fsp3) is 0.381. The molecule has 0 radical (unpaired) electrons. The molecule has 2 aromatic heterocycles. The molecule has 0 aliphatic carbocycles. The molecule has 0 bridgehead atoms. The van der Waals surface area contributed by atoms with Crippen molar-refractivity contribution in [2.24, 2.45) is 0 Å². The average Bonchev–Trinajstić information content (AvgIpc) is 2.96. The Bertz CT molecular complexity index is 1040. The Morgan fingerprint density at radius 3 is 2.62 bits per heavy atom. The number of nitrogens with zero attached hydrogens (tertiary/aromatic N) is 3. The van der Waals surface area contributed by atoms with E-state index in [1.165, 1.54) is 13.0 Å². The summed E-state index contributed by atoms with van der Waals surface area (Å²) >= 11 is 0. The number of hydrogen-bond acceptors (Lipinski definition) is 3. The maximum absolute atomic E-state index is 13.1. The van der Waals surface area contributed by atoms with E-state index in [0.29, 0.717) is 34.5 Å². The molecule has 0 unspecified atom stereocenters. The van der Waals surface area contributed by atoms with Gasteiger partial charge in [0.15, 0.2) is 5.65 Å². The lowest BCUT2D eigenvalue weighted by atomic mass is 10.1. The van der Waals surface area contributed by atoms with Crippen LogP contribution >= 0.6 is 0 Å². The Morgan fingerprint density at radius 1 is 1.21 bits per heavy atom. The number of carbonyl (C=O) groups is 1. The molecule has 8 heteroatoms. The van der Waals surface area contributed by atoms with Gasteiger partial charge >= 0.3 is 6.18 Å². The van der Waals surface area contributed by atoms with Gasteiger partial charge in [-0.3, -0.25) is 4.79 Å². The Kier molecular flexibility index (Phi) is 5.91. The van der Waals surface area contributed by atoms with Crippen LogP contribution in [-0.2, 0) is 23.9 Å². The molecule has 1 amide bonds. The second-order valence-electron chi connectivity index (χ2n) is 7.06. The first-order valence-corrected chi connectivity index (χ1v) is 9.49.